The number of amides is 1. The van der Waals surface area contributed by atoms with Crippen molar-refractivity contribution in [2.24, 2.45) is 0 Å². The molecule has 0 aliphatic rings. The third-order valence-corrected chi connectivity index (χ3v) is 6.76. The standard InChI is InChI=1S/C19H11Cl3INO4S/c1-28-12-6-10(20)13(16(22)15(12)21)18(25)24-11-7-29-17(14(11)19(26)27)8-3-2-4-9(23)5-8/h2-7H,1H3,(H,24,25)(H,26,27). The molecule has 5 nitrogen and oxygen atoms in total. The molecule has 0 atom stereocenters. The van der Waals surface area contributed by atoms with Gasteiger partial charge in [0.15, 0.2) is 0 Å². The van der Waals surface area contributed by atoms with Gasteiger partial charge in [0.05, 0.1) is 33.3 Å². The second kappa shape index (κ2) is 9.09. The number of ether oxygens (including phenoxy) is 1. The van der Waals surface area contributed by atoms with Gasteiger partial charge in [0.1, 0.15) is 16.3 Å². The molecule has 3 rings (SSSR count). The molecular formula is C19H11Cl3INO4S. The molecule has 0 aliphatic carbocycles. The summed E-state index contributed by atoms with van der Waals surface area (Å²) < 4.78 is 6.02. The van der Waals surface area contributed by atoms with Gasteiger partial charge in [0.2, 0.25) is 0 Å². The molecule has 29 heavy (non-hydrogen) atoms. The molecule has 150 valence electrons. The van der Waals surface area contributed by atoms with Crippen LogP contribution in [0.3, 0.4) is 0 Å². The van der Waals surface area contributed by atoms with Crippen molar-refractivity contribution in [2.75, 3.05) is 12.4 Å². The first-order valence-electron chi connectivity index (χ1n) is 7.88. The van der Waals surface area contributed by atoms with Crippen molar-refractivity contribution < 1.29 is 19.4 Å². The lowest BCUT2D eigenvalue weighted by molar-refractivity contribution is 0.0699. The minimum atomic E-state index is -1.17. The van der Waals surface area contributed by atoms with E-state index in [1.165, 1.54) is 24.5 Å². The van der Waals surface area contributed by atoms with E-state index in [9.17, 15) is 14.7 Å². The summed E-state index contributed by atoms with van der Waals surface area (Å²) in [6.45, 7) is 0. The lowest BCUT2D eigenvalue weighted by atomic mass is 10.1. The summed E-state index contributed by atoms with van der Waals surface area (Å²) in [5.74, 6) is -1.62. The number of hydrogen-bond donors (Lipinski definition) is 2. The molecule has 0 aliphatic heterocycles. The number of rotatable bonds is 5. The van der Waals surface area contributed by atoms with Gasteiger partial charge in [-0.1, -0.05) is 46.9 Å². The van der Waals surface area contributed by atoms with E-state index in [0.29, 0.717) is 4.88 Å². The molecule has 0 saturated heterocycles. The molecule has 0 fully saturated rings. The van der Waals surface area contributed by atoms with Crippen LogP contribution in [0.2, 0.25) is 15.1 Å². The van der Waals surface area contributed by atoms with Crippen LogP contribution < -0.4 is 10.1 Å². The molecule has 1 heterocycles. The summed E-state index contributed by atoms with van der Waals surface area (Å²) in [7, 11) is 1.39. The van der Waals surface area contributed by atoms with Crippen molar-refractivity contribution in [3.63, 3.8) is 0 Å². The third kappa shape index (κ3) is 4.49. The molecule has 0 saturated carbocycles. The molecule has 0 radical (unpaired) electrons. The van der Waals surface area contributed by atoms with Gasteiger partial charge in [-0.15, -0.1) is 11.3 Å². The molecule has 0 spiro atoms. The Kier molecular flexibility index (Phi) is 6.95. The first-order chi connectivity index (χ1) is 13.7. The quantitative estimate of drug-likeness (QED) is 0.253. The Morgan fingerprint density at radius 2 is 1.86 bits per heavy atom. The number of carbonyl (C=O) groups is 2. The van der Waals surface area contributed by atoms with Gasteiger partial charge in [-0.2, -0.15) is 0 Å². The number of anilines is 1. The smallest absolute Gasteiger partial charge is 0.339 e. The van der Waals surface area contributed by atoms with Gasteiger partial charge in [-0.3, -0.25) is 4.79 Å². The number of nitrogens with one attached hydrogen (secondary N) is 1. The molecule has 2 aromatic carbocycles. The van der Waals surface area contributed by atoms with Crippen LogP contribution in [-0.2, 0) is 0 Å². The minimum absolute atomic E-state index is 0.0165. The maximum atomic E-state index is 12.8. The zero-order valence-electron chi connectivity index (χ0n) is 14.6. The van der Waals surface area contributed by atoms with Crippen LogP contribution in [0.5, 0.6) is 5.75 Å². The maximum absolute atomic E-state index is 12.8. The normalized spacial score (nSPS) is 10.7. The maximum Gasteiger partial charge on any atom is 0.339 e. The Hall–Kier alpha value is -1.52. The van der Waals surface area contributed by atoms with E-state index in [2.05, 4.69) is 27.9 Å². The van der Waals surface area contributed by atoms with E-state index < -0.39 is 11.9 Å². The predicted molar refractivity (Wildman–Crippen MR) is 125 cm³/mol. The second-order valence-corrected chi connectivity index (χ2v) is 8.98. The summed E-state index contributed by atoms with van der Waals surface area (Å²) in [5, 5.41) is 13.8. The Bertz CT molecular complexity index is 1130. The van der Waals surface area contributed by atoms with Crippen molar-refractivity contribution >= 4 is 86.3 Å². The fourth-order valence-corrected chi connectivity index (χ4v) is 4.99. The lowest BCUT2D eigenvalue weighted by Gasteiger charge is -2.12. The zero-order valence-corrected chi connectivity index (χ0v) is 19.8. The van der Waals surface area contributed by atoms with Crippen LogP contribution >= 0.6 is 68.7 Å². The van der Waals surface area contributed by atoms with E-state index in [-0.39, 0.29) is 37.6 Å². The molecule has 1 aromatic heterocycles. The van der Waals surface area contributed by atoms with E-state index in [1.807, 2.05) is 24.3 Å². The van der Waals surface area contributed by atoms with Crippen LogP contribution in [0.25, 0.3) is 10.4 Å². The van der Waals surface area contributed by atoms with E-state index in [4.69, 9.17) is 39.5 Å². The number of carboxylic acid groups (broad SMARTS) is 1. The average molecular weight is 583 g/mol. The van der Waals surface area contributed by atoms with Gasteiger partial charge in [0, 0.05) is 15.0 Å². The van der Waals surface area contributed by atoms with Gasteiger partial charge >= 0.3 is 5.97 Å². The highest BCUT2D eigenvalue weighted by molar-refractivity contribution is 14.1. The first kappa shape index (κ1) is 22.2. The second-order valence-electron chi connectivity index (χ2n) is 5.69. The highest BCUT2D eigenvalue weighted by Gasteiger charge is 2.25. The highest BCUT2D eigenvalue weighted by atomic mass is 127. The number of methoxy groups -OCH3 is 1. The molecule has 2 N–H and O–H groups in total. The third-order valence-electron chi connectivity index (χ3n) is 3.91. The topological polar surface area (TPSA) is 75.6 Å². The summed E-state index contributed by atoms with van der Waals surface area (Å²) in [4.78, 5) is 25.3. The number of aromatic carboxylic acids is 1. The number of hydrogen-bond acceptors (Lipinski definition) is 4. The molecule has 1 amide bonds. The van der Waals surface area contributed by atoms with E-state index >= 15 is 0 Å². The summed E-state index contributed by atoms with van der Waals surface area (Å²) in [6, 6.07) is 8.77. The Morgan fingerprint density at radius 1 is 1.14 bits per heavy atom. The monoisotopic (exact) mass is 581 g/mol. The summed E-state index contributed by atoms with van der Waals surface area (Å²) in [5.41, 5.74) is 0.790. The van der Waals surface area contributed by atoms with Crippen molar-refractivity contribution in [1.82, 2.24) is 0 Å². The number of thiophene rings is 1. The van der Waals surface area contributed by atoms with Crippen LogP contribution in [0.15, 0.2) is 35.7 Å². The molecule has 3 aromatic rings. The molecule has 0 bridgehead atoms. The molecule has 10 heteroatoms. The van der Waals surface area contributed by atoms with E-state index in [0.717, 1.165) is 9.13 Å². The number of carbonyl (C=O) groups excluding carboxylic acids is 1. The largest absolute Gasteiger partial charge is 0.495 e. The van der Waals surface area contributed by atoms with Crippen LogP contribution in [0, 0.1) is 3.57 Å². The van der Waals surface area contributed by atoms with Crippen LogP contribution in [0.4, 0.5) is 5.69 Å². The average Bonchev–Trinajstić information content (AvgIpc) is 3.08. The van der Waals surface area contributed by atoms with Gasteiger partial charge in [0.25, 0.3) is 5.91 Å². The SMILES string of the molecule is COc1cc(Cl)c(C(=O)Nc2csc(-c3cccc(I)c3)c2C(=O)O)c(Cl)c1Cl. The Balaban J connectivity index is 2.03. The van der Waals surface area contributed by atoms with Crippen molar-refractivity contribution in [2.45, 2.75) is 0 Å². The lowest BCUT2D eigenvalue weighted by Crippen LogP contribution is -2.15. The fraction of sp³-hybridized carbons (Fsp3) is 0.0526. The Morgan fingerprint density at radius 3 is 2.48 bits per heavy atom. The number of halogens is 4. The zero-order chi connectivity index (χ0) is 21.3. The van der Waals surface area contributed by atoms with Gasteiger partial charge in [-0.25, -0.2) is 4.79 Å². The van der Waals surface area contributed by atoms with Crippen molar-refractivity contribution in [3.05, 3.63) is 65.5 Å². The summed E-state index contributed by atoms with van der Waals surface area (Å²) >= 11 is 21.8. The highest BCUT2D eigenvalue weighted by Crippen LogP contribution is 2.41. The molecule has 0 unspecified atom stereocenters. The van der Waals surface area contributed by atoms with Crippen LogP contribution in [-0.4, -0.2) is 24.1 Å². The fourth-order valence-electron chi connectivity index (χ4n) is 2.62. The van der Waals surface area contributed by atoms with Crippen molar-refractivity contribution in [1.29, 1.82) is 0 Å². The predicted octanol–water partition coefficient (Wildman–Crippen LogP) is 6.94. The number of carboxylic acids is 1. The van der Waals surface area contributed by atoms with Gasteiger partial charge in [-0.05, 0) is 40.3 Å². The first-order valence-corrected chi connectivity index (χ1v) is 11.0. The van der Waals surface area contributed by atoms with E-state index in [1.54, 1.807) is 5.38 Å². The minimum Gasteiger partial charge on any atom is -0.495 e. The Labute approximate surface area is 198 Å². The van der Waals surface area contributed by atoms with Gasteiger partial charge < -0.3 is 15.2 Å². The summed E-state index contributed by atoms with van der Waals surface area (Å²) in [6.07, 6.45) is 0. The molecular weight excluding hydrogens is 572 g/mol. The number of benzene rings is 2. The van der Waals surface area contributed by atoms with Crippen molar-refractivity contribution in [3.8, 4) is 16.2 Å². The van der Waals surface area contributed by atoms with Crippen LogP contribution in [0.1, 0.15) is 20.7 Å².